The van der Waals surface area contributed by atoms with Crippen molar-refractivity contribution >= 4 is 76.1 Å². The van der Waals surface area contributed by atoms with E-state index in [9.17, 15) is 0 Å². The van der Waals surface area contributed by atoms with Crippen LogP contribution in [0.5, 0.6) is 0 Å². The smallest absolute Gasteiger partial charge is 0.235 e. The second-order valence-corrected chi connectivity index (χ2v) is 14.6. The largest absolute Gasteiger partial charge is 0.309 e. The minimum absolute atomic E-state index is 0.654. The average Bonchev–Trinajstić information content (AvgIpc) is 3.79. The van der Waals surface area contributed by atoms with Crippen LogP contribution in [-0.4, -0.2) is 19.1 Å². The fourth-order valence-corrected chi connectivity index (χ4v) is 9.06. The molecular formula is C52H32N4. The van der Waals surface area contributed by atoms with Gasteiger partial charge in [0.1, 0.15) is 0 Å². The van der Waals surface area contributed by atoms with Gasteiger partial charge in [0.2, 0.25) is 5.95 Å². The first kappa shape index (κ1) is 30.9. The van der Waals surface area contributed by atoms with Crippen molar-refractivity contribution in [2.45, 2.75) is 0 Å². The first-order valence-corrected chi connectivity index (χ1v) is 19.1. The van der Waals surface area contributed by atoms with E-state index in [0.29, 0.717) is 5.95 Å². The summed E-state index contributed by atoms with van der Waals surface area (Å²) >= 11 is 0. The van der Waals surface area contributed by atoms with Crippen LogP contribution in [0.2, 0.25) is 0 Å². The predicted octanol–water partition coefficient (Wildman–Crippen LogP) is 13.5. The van der Waals surface area contributed by atoms with Gasteiger partial charge < -0.3 is 4.57 Å². The van der Waals surface area contributed by atoms with Crippen molar-refractivity contribution in [3.8, 4) is 34.0 Å². The fraction of sp³-hybridized carbons (Fsp3) is 0. The Bertz CT molecular complexity index is 3530. The van der Waals surface area contributed by atoms with Crippen LogP contribution in [0.4, 0.5) is 0 Å². The molecule has 56 heavy (non-hydrogen) atoms. The van der Waals surface area contributed by atoms with Crippen LogP contribution in [0.25, 0.3) is 110 Å². The van der Waals surface area contributed by atoms with Crippen molar-refractivity contribution in [1.29, 1.82) is 0 Å². The highest BCUT2D eigenvalue weighted by molar-refractivity contribution is 6.18. The molecule has 3 aromatic heterocycles. The number of aromatic nitrogens is 4. The third-order valence-electron chi connectivity index (χ3n) is 11.5. The summed E-state index contributed by atoms with van der Waals surface area (Å²) in [6, 6.07) is 69.6. The van der Waals surface area contributed by atoms with Gasteiger partial charge in [0, 0.05) is 43.6 Å². The van der Waals surface area contributed by atoms with Crippen LogP contribution in [0.1, 0.15) is 0 Å². The minimum atomic E-state index is 0.654. The Kier molecular flexibility index (Phi) is 6.60. The Morgan fingerprint density at radius 3 is 1.79 bits per heavy atom. The number of nitrogens with zero attached hydrogens (tertiary/aromatic N) is 4. The van der Waals surface area contributed by atoms with Crippen molar-refractivity contribution in [3.63, 3.8) is 0 Å². The van der Waals surface area contributed by atoms with Crippen molar-refractivity contribution in [1.82, 2.24) is 19.1 Å². The SMILES string of the molecule is c1ccc(-n2c3ccccc3c3cc(-c4cccc5c4c4ccccc4n5-c4nc(-c5cccc6ccccc56)c5ccc6ccccc6c5n4)ccc32)cc1. The predicted molar refractivity (Wildman–Crippen MR) is 234 cm³/mol. The molecule has 260 valence electrons. The first-order valence-electron chi connectivity index (χ1n) is 19.1. The number of benzene rings is 9. The lowest BCUT2D eigenvalue weighted by molar-refractivity contribution is 1.02. The lowest BCUT2D eigenvalue weighted by Gasteiger charge is -2.14. The molecule has 0 aliphatic carbocycles. The van der Waals surface area contributed by atoms with Gasteiger partial charge in [0.25, 0.3) is 0 Å². The van der Waals surface area contributed by atoms with Crippen molar-refractivity contribution in [3.05, 3.63) is 194 Å². The maximum atomic E-state index is 5.53. The topological polar surface area (TPSA) is 35.6 Å². The summed E-state index contributed by atoms with van der Waals surface area (Å²) in [6.07, 6.45) is 0. The highest BCUT2D eigenvalue weighted by atomic mass is 15.2. The van der Waals surface area contributed by atoms with Gasteiger partial charge in [-0.3, -0.25) is 4.57 Å². The summed E-state index contributed by atoms with van der Waals surface area (Å²) in [6.45, 7) is 0. The summed E-state index contributed by atoms with van der Waals surface area (Å²) < 4.78 is 4.64. The van der Waals surface area contributed by atoms with Crippen LogP contribution in [0.15, 0.2) is 194 Å². The molecule has 0 bridgehead atoms. The van der Waals surface area contributed by atoms with Crippen LogP contribution >= 0.6 is 0 Å². The van der Waals surface area contributed by atoms with Gasteiger partial charge in [-0.15, -0.1) is 0 Å². The van der Waals surface area contributed by atoms with E-state index in [4.69, 9.17) is 9.97 Å². The molecule has 0 saturated carbocycles. The van der Waals surface area contributed by atoms with Gasteiger partial charge >= 0.3 is 0 Å². The molecule has 0 aliphatic rings. The molecule has 4 heteroatoms. The second-order valence-electron chi connectivity index (χ2n) is 14.6. The lowest BCUT2D eigenvalue weighted by atomic mass is 9.97. The Labute approximate surface area is 322 Å². The lowest BCUT2D eigenvalue weighted by Crippen LogP contribution is -2.04. The van der Waals surface area contributed by atoms with Gasteiger partial charge in [-0.2, -0.15) is 0 Å². The van der Waals surface area contributed by atoms with Crippen molar-refractivity contribution in [2.75, 3.05) is 0 Å². The van der Waals surface area contributed by atoms with Crippen LogP contribution in [0, 0.1) is 0 Å². The van der Waals surface area contributed by atoms with Crippen LogP contribution in [-0.2, 0) is 0 Å². The van der Waals surface area contributed by atoms with Gasteiger partial charge in [-0.05, 0) is 75.8 Å². The molecule has 0 aliphatic heterocycles. The van der Waals surface area contributed by atoms with Crippen molar-refractivity contribution < 1.29 is 0 Å². The van der Waals surface area contributed by atoms with Gasteiger partial charge in [-0.25, -0.2) is 9.97 Å². The Morgan fingerprint density at radius 2 is 0.946 bits per heavy atom. The van der Waals surface area contributed by atoms with Crippen LogP contribution < -0.4 is 0 Å². The number of hydrogen-bond donors (Lipinski definition) is 0. The maximum Gasteiger partial charge on any atom is 0.235 e. The zero-order valence-corrected chi connectivity index (χ0v) is 30.3. The molecule has 9 aromatic carbocycles. The quantitative estimate of drug-likeness (QED) is 0.170. The highest BCUT2D eigenvalue weighted by Crippen LogP contribution is 2.42. The zero-order valence-electron chi connectivity index (χ0n) is 30.3. The average molecular weight is 713 g/mol. The van der Waals surface area contributed by atoms with E-state index in [0.717, 1.165) is 49.7 Å². The summed E-state index contributed by atoms with van der Waals surface area (Å²) in [5, 5.41) is 10.5. The summed E-state index contributed by atoms with van der Waals surface area (Å²) in [7, 11) is 0. The summed E-state index contributed by atoms with van der Waals surface area (Å²) in [4.78, 5) is 11.0. The minimum Gasteiger partial charge on any atom is -0.309 e. The Morgan fingerprint density at radius 1 is 0.339 bits per heavy atom. The molecule has 0 N–H and O–H groups in total. The van der Waals surface area contributed by atoms with Crippen molar-refractivity contribution in [2.24, 2.45) is 0 Å². The normalized spacial score (nSPS) is 11.9. The Hall–Kier alpha value is -7.56. The number of hydrogen-bond acceptors (Lipinski definition) is 2. The van der Waals surface area contributed by atoms with E-state index in [1.807, 2.05) is 0 Å². The molecule has 4 nitrogen and oxygen atoms in total. The summed E-state index contributed by atoms with van der Waals surface area (Å²) in [5.74, 6) is 0.654. The number of para-hydroxylation sites is 3. The molecule has 12 aromatic rings. The fourth-order valence-electron chi connectivity index (χ4n) is 9.06. The number of fused-ring (bicyclic) bond motifs is 10. The first-order chi connectivity index (χ1) is 27.8. The molecule has 12 rings (SSSR count). The molecule has 0 fully saturated rings. The van der Waals surface area contributed by atoms with E-state index >= 15 is 0 Å². The molecular weight excluding hydrogens is 681 g/mol. The molecule has 0 radical (unpaired) electrons. The van der Waals surface area contributed by atoms with Gasteiger partial charge in [0.05, 0.1) is 33.3 Å². The zero-order chi connectivity index (χ0) is 36.7. The highest BCUT2D eigenvalue weighted by Gasteiger charge is 2.22. The monoisotopic (exact) mass is 712 g/mol. The third-order valence-corrected chi connectivity index (χ3v) is 11.5. The third kappa shape index (κ3) is 4.47. The molecule has 0 amide bonds. The Balaban J connectivity index is 1.15. The molecule has 3 heterocycles. The van der Waals surface area contributed by atoms with E-state index in [1.54, 1.807) is 0 Å². The molecule has 0 spiro atoms. The maximum absolute atomic E-state index is 5.53. The molecule has 0 unspecified atom stereocenters. The van der Waals surface area contributed by atoms with Crippen LogP contribution in [0.3, 0.4) is 0 Å². The molecule has 0 saturated heterocycles. The van der Waals surface area contributed by atoms with E-state index in [-0.39, 0.29) is 0 Å². The number of rotatable bonds is 4. The van der Waals surface area contributed by atoms with E-state index in [2.05, 4.69) is 203 Å². The van der Waals surface area contributed by atoms with E-state index in [1.165, 1.54) is 54.5 Å². The standard InChI is InChI=1S/C52H32N4/c1-2-17-36(18-3-1)55-45-25-10-8-21-40(45)44-32-35(29-31-47(44)55)38-23-13-27-48-49(38)42-22-9-11-26-46(42)56(48)52-53-50-39-20-7-5-15-34(39)28-30-43(50)51(54-52)41-24-12-16-33-14-4-6-19-37(33)41/h1-32H. The van der Waals surface area contributed by atoms with E-state index < -0.39 is 0 Å². The molecule has 0 atom stereocenters. The van der Waals surface area contributed by atoms with Gasteiger partial charge in [-0.1, -0.05) is 146 Å². The summed E-state index contributed by atoms with van der Waals surface area (Å²) in [5.41, 5.74) is 11.0. The second kappa shape index (κ2) is 12.0. The van der Waals surface area contributed by atoms with Gasteiger partial charge in [0.15, 0.2) is 0 Å².